The maximum atomic E-state index is 13.0. The number of morpholine rings is 1. The Hall–Kier alpha value is -3.32. The van der Waals surface area contributed by atoms with Gasteiger partial charge in [-0.1, -0.05) is 18.2 Å². The lowest BCUT2D eigenvalue weighted by Gasteiger charge is -2.26. The normalized spacial score (nSPS) is 14.7. The fourth-order valence-corrected chi connectivity index (χ4v) is 3.72. The molecule has 4 aromatic rings. The molecule has 5 rings (SSSR count). The van der Waals surface area contributed by atoms with Crippen LogP contribution in [0.15, 0.2) is 48.5 Å². The number of amides is 1. The molecule has 1 aliphatic heterocycles. The zero-order valence-corrected chi connectivity index (χ0v) is 15.5. The molecule has 0 radical (unpaired) electrons. The third-order valence-electron chi connectivity index (χ3n) is 5.09. The van der Waals surface area contributed by atoms with Crippen LogP contribution in [0.25, 0.3) is 27.8 Å². The van der Waals surface area contributed by atoms with Crippen LogP contribution in [0.2, 0.25) is 0 Å². The van der Waals surface area contributed by atoms with Crippen molar-refractivity contribution in [3.05, 3.63) is 59.9 Å². The molecule has 7 heteroatoms. The Kier molecular flexibility index (Phi) is 4.02. The molecule has 0 saturated carbocycles. The summed E-state index contributed by atoms with van der Waals surface area (Å²) in [6, 6.07) is 15.6. The van der Waals surface area contributed by atoms with E-state index in [0.717, 1.165) is 27.9 Å². The van der Waals surface area contributed by atoms with E-state index in [1.807, 2.05) is 60.4 Å². The van der Waals surface area contributed by atoms with Crippen molar-refractivity contribution in [2.24, 2.45) is 0 Å². The molecule has 2 aromatic heterocycles. The van der Waals surface area contributed by atoms with E-state index in [2.05, 4.69) is 19.7 Å². The van der Waals surface area contributed by atoms with Gasteiger partial charge >= 0.3 is 0 Å². The summed E-state index contributed by atoms with van der Waals surface area (Å²) in [5.74, 6) is 0.838. The predicted octanol–water partition coefficient (Wildman–Crippen LogP) is 2.75. The Morgan fingerprint density at radius 1 is 1.04 bits per heavy atom. The van der Waals surface area contributed by atoms with Gasteiger partial charge in [-0.2, -0.15) is 0 Å². The van der Waals surface area contributed by atoms with Crippen LogP contribution >= 0.6 is 0 Å². The summed E-state index contributed by atoms with van der Waals surface area (Å²) < 4.78 is 7.42. The van der Waals surface area contributed by atoms with E-state index in [0.29, 0.717) is 37.5 Å². The molecule has 1 aliphatic rings. The number of aryl methyl sites for hydroxylation is 1. The molecule has 1 amide bonds. The van der Waals surface area contributed by atoms with Crippen molar-refractivity contribution in [2.45, 2.75) is 6.92 Å². The van der Waals surface area contributed by atoms with Gasteiger partial charge in [0.2, 0.25) is 5.65 Å². The van der Waals surface area contributed by atoms with Gasteiger partial charge in [0.1, 0.15) is 11.3 Å². The molecule has 3 heterocycles. The maximum absolute atomic E-state index is 13.0. The summed E-state index contributed by atoms with van der Waals surface area (Å²) in [6.07, 6.45) is 0. The highest BCUT2D eigenvalue weighted by atomic mass is 16.5. The standard InChI is InChI=1S/C21H19N5O2/c1-14-22-20-19(26(14)16-5-3-2-4-6-16)17-13-15(7-8-18(17)23-24-20)21(27)25-9-11-28-12-10-25/h2-8,13H,9-12H2,1H3. The molecule has 1 saturated heterocycles. The lowest BCUT2D eigenvalue weighted by Crippen LogP contribution is -2.40. The zero-order valence-electron chi connectivity index (χ0n) is 15.5. The Labute approximate surface area is 161 Å². The monoisotopic (exact) mass is 373 g/mol. The van der Waals surface area contributed by atoms with Gasteiger partial charge in [-0.25, -0.2) is 4.98 Å². The van der Waals surface area contributed by atoms with Crippen LogP contribution in [0.4, 0.5) is 0 Å². The summed E-state index contributed by atoms with van der Waals surface area (Å²) in [5, 5.41) is 9.46. The average molecular weight is 373 g/mol. The summed E-state index contributed by atoms with van der Waals surface area (Å²) >= 11 is 0. The lowest BCUT2D eigenvalue weighted by atomic mass is 10.1. The van der Waals surface area contributed by atoms with Crippen LogP contribution in [0, 0.1) is 6.92 Å². The maximum Gasteiger partial charge on any atom is 0.254 e. The van der Waals surface area contributed by atoms with Crippen LogP contribution in [0.3, 0.4) is 0 Å². The first-order chi connectivity index (χ1) is 13.7. The molecule has 2 aromatic carbocycles. The fourth-order valence-electron chi connectivity index (χ4n) is 3.72. The van der Waals surface area contributed by atoms with Crippen molar-refractivity contribution in [1.82, 2.24) is 24.6 Å². The second kappa shape index (κ2) is 6.69. The van der Waals surface area contributed by atoms with Gasteiger partial charge in [0.15, 0.2) is 0 Å². The summed E-state index contributed by atoms with van der Waals surface area (Å²) in [4.78, 5) is 19.4. The number of ether oxygens (including phenoxy) is 1. The second-order valence-electron chi connectivity index (χ2n) is 6.84. The molecule has 0 aliphatic carbocycles. The lowest BCUT2D eigenvalue weighted by molar-refractivity contribution is 0.0303. The van der Waals surface area contributed by atoms with Gasteiger partial charge in [0.25, 0.3) is 5.91 Å². The summed E-state index contributed by atoms with van der Waals surface area (Å²) in [7, 11) is 0. The molecule has 0 N–H and O–H groups in total. The Balaban J connectivity index is 1.71. The number of para-hydroxylation sites is 1. The number of benzene rings is 2. The quantitative estimate of drug-likeness (QED) is 0.540. The molecule has 7 nitrogen and oxygen atoms in total. The smallest absolute Gasteiger partial charge is 0.254 e. The van der Waals surface area contributed by atoms with Gasteiger partial charge in [-0.3, -0.25) is 9.36 Å². The first-order valence-corrected chi connectivity index (χ1v) is 9.30. The van der Waals surface area contributed by atoms with E-state index in [1.165, 1.54) is 0 Å². The average Bonchev–Trinajstić information content (AvgIpc) is 3.10. The molecule has 0 unspecified atom stereocenters. The van der Waals surface area contributed by atoms with Crippen LogP contribution < -0.4 is 0 Å². The van der Waals surface area contributed by atoms with Crippen molar-refractivity contribution in [2.75, 3.05) is 26.3 Å². The number of hydrogen-bond donors (Lipinski definition) is 0. The first-order valence-electron chi connectivity index (χ1n) is 9.30. The van der Waals surface area contributed by atoms with E-state index in [1.54, 1.807) is 0 Å². The molecule has 0 atom stereocenters. The third-order valence-corrected chi connectivity index (χ3v) is 5.09. The number of carbonyl (C=O) groups excluding carboxylic acids is 1. The van der Waals surface area contributed by atoms with Crippen molar-refractivity contribution in [3.63, 3.8) is 0 Å². The SMILES string of the molecule is Cc1nc2nnc3ccc(C(=O)N4CCOCC4)cc3c2n1-c1ccccc1. The molecular formula is C21H19N5O2. The van der Waals surface area contributed by atoms with E-state index in [9.17, 15) is 4.79 Å². The first kappa shape index (κ1) is 16.8. The molecular weight excluding hydrogens is 354 g/mol. The molecule has 140 valence electrons. The van der Waals surface area contributed by atoms with Gasteiger partial charge in [-0.05, 0) is 37.3 Å². The Bertz CT molecular complexity index is 1180. The van der Waals surface area contributed by atoms with Crippen LogP contribution in [0.1, 0.15) is 16.2 Å². The van der Waals surface area contributed by atoms with Crippen molar-refractivity contribution >= 4 is 28.0 Å². The van der Waals surface area contributed by atoms with Crippen molar-refractivity contribution in [1.29, 1.82) is 0 Å². The minimum atomic E-state index is 0.0117. The largest absolute Gasteiger partial charge is 0.378 e. The predicted molar refractivity (Wildman–Crippen MR) is 106 cm³/mol. The van der Waals surface area contributed by atoms with Crippen molar-refractivity contribution in [3.8, 4) is 5.69 Å². The minimum absolute atomic E-state index is 0.0117. The van der Waals surface area contributed by atoms with Gasteiger partial charge in [-0.15, -0.1) is 10.2 Å². The van der Waals surface area contributed by atoms with Crippen LogP contribution in [0.5, 0.6) is 0 Å². The van der Waals surface area contributed by atoms with Gasteiger partial charge in [0, 0.05) is 29.7 Å². The molecule has 1 fully saturated rings. The molecule has 0 spiro atoms. The van der Waals surface area contributed by atoms with Crippen molar-refractivity contribution < 1.29 is 9.53 Å². The topological polar surface area (TPSA) is 73.1 Å². The number of hydrogen-bond acceptors (Lipinski definition) is 5. The molecule has 0 bridgehead atoms. The highest BCUT2D eigenvalue weighted by Crippen LogP contribution is 2.27. The van der Waals surface area contributed by atoms with Crippen LogP contribution in [-0.2, 0) is 4.74 Å². The number of carbonyl (C=O) groups is 1. The third kappa shape index (κ3) is 2.71. The van der Waals surface area contributed by atoms with E-state index < -0.39 is 0 Å². The highest BCUT2D eigenvalue weighted by molar-refractivity contribution is 6.05. The van der Waals surface area contributed by atoms with Crippen LogP contribution in [-0.4, -0.2) is 56.9 Å². The highest BCUT2D eigenvalue weighted by Gasteiger charge is 2.20. The van der Waals surface area contributed by atoms with E-state index in [-0.39, 0.29) is 5.91 Å². The number of rotatable bonds is 2. The van der Waals surface area contributed by atoms with E-state index >= 15 is 0 Å². The number of fused-ring (bicyclic) bond motifs is 3. The molecule has 28 heavy (non-hydrogen) atoms. The number of nitrogens with zero attached hydrogens (tertiary/aromatic N) is 5. The number of aromatic nitrogens is 4. The minimum Gasteiger partial charge on any atom is -0.378 e. The number of imidazole rings is 1. The van der Waals surface area contributed by atoms with E-state index in [4.69, 9.17) is 4.74 Å². The fraction of sp³-hybridized carbons (Fsp3) is 0.238. The van der Waals surface area contributed by atoms with Gasteiger partial charge in [0.05, 0.1) is 18.7 Å². The Morgan fingerprint density at radius 3 is 2.61 bits per heavy atom. The summed E-state index contributed by atoms with van der Waals surface area (Å²) in [6.45, 7) is 4.33. The van der Waals surface area contributed by atoms with Gasteiger partial charge < -0.3 is 9.64 Å². The second-order valence-corrected chi connectivity index (χ2v) is 6.84. The Morgan fingerprint density at radius 2 is 1.82 bits per heavy atom. The zero-order chi connectivity index (χ0) is 19.1. The summed E-state index contributed by atoms with van der Waals surface area (Å²) in [5.41, 5.74) is 3.82.